The molecule has 2 nitrogen and oxygen atoms in total. The third-order valence-corrected chi connectivity index (χ3v) is 1.48. The zero-order valence-corrected chi connectivity index (χ0v) is 7.76. The summed E-state index contributed by atoms with van der Waals surface area (Å²) in [6.45, 7) is 0. The second-order valence-electron chi connectivity index (χ2n) is 2.03. The highest BCUT2D eigenvalue weighted by Crippen LogP contribution is 2.11. The molecule has 0 bridgehead atoms. The van der Waals surface area contributed by atoms with Crippen LogP contribution in [0.25, 0.3) is 0 Å². The minimum absolute atomic E-state index is 0.903. The van der Waals surface area contributed by atoms with Gasteiger partial charge in [0, 0.05) is 11.4 Å². The van der Waals surface area contributed by atoms with Crippen molar-refractivity contribution in [2.24, 2.45) is 0 Å². The van der Waals surface area contributed by atoms with E-state index in [0.29, 0.717) is 0 Å². The van der Waals surface area contributed by atoms with E-state index in [2.05, 4.69) is 46.1 Å². The van der Waals surface area contributed by atoms with Gasteiger partial charge in [0.1, 0.15) is 11.0 Å². The van der Waals surface area contributed by atoms with Gasteiger partial charge in [-0.25, -0.2) is 0 Å². The van der Waals surface area contributed by atoms with Crippen molar-refractivity contribution in [2.75, 3.05) is 10.6 Å². The molecule has 0 aliphatic rings. The number of rotatable bonds is 4. The molecule has 0 saturated carbocycles. The average Bonchev–Trinajstić information content (AvgIpc) is 2.09. The Kier molecular flexibility index (Phi) is 3.63. The summed E-state index contributed by atoms with van der Waals surface area (Å²) in [6, 6.07) is 7.48. The molecule has 1 aromatic rings. The Labute approximate surface area is 82.0 Å². The molecule has 0 fully saturated rings. The van der Waals surface area contributed by atoms with Crippen molar-refractivity contribution in [2.45, 2.75) is 0 Å². The number of hydrogen-bond donors (Lipinski definition) is 2. The Morgan fingerprint density at radius 2 is 1.17 bits per heavy atom. The van der Waals surface area contributed by atoms with Gasteiger partial charge < -0.3 is 10.6 Å². The molecule has 0 saturated heterocycles. The van der Waals surface area contributed by atoms with Gasteiger partial charge in [-0.15, -0.1) is 0 Å². The van der Waals surface area contributed by atoms with Gasteiger partial charge in [-0.05, 0) is 24.3 Å². The maximum atomic E-state index is 4.51. The van der Waals surface area contributed by atoms with Crippen LogP contribution in [-0.2, 0) is 0 Å². The lowest BCUT2D eigenvalue weighted by molar-refractivity contribution is 1.64. The van der Waals surface area contributed by atoms with Crippen LogP contribution in [0.2, 0.25) is 0 Å². The minimum Gasteiger partial charge on any atom is -0.344 e. The van der Waals surface area contributed by atoms with Crippen LogP contribution in [0, 0.1) is 0 Å². The summed E-state index contributed by atoms with van der Waals surface area (Å²) in [7, 11) is 0. The Balaban J connectivity index is 2.70. The SMILES string of the molecule is S=[C]Nc1ccc(N[C]=S)cc1. The standard InChI is InChI=1S/C8H6N2S2/c11-5-9-7-1-2-8(4-3-7)10-6-12/h1-4H,(H,9,11)(H,10,12). The molecule has 4 heteroatoms. The summed E-state index contributed by atoms with van der Waals surface area (Å²) >= 11 is 9.02. The lowest BCUT2D eigenvalue weighted by Crippen LogP contribution is -1.94. The first-order valence-corrected chi connectivity index (χ1v) is 4.05. The molecule has 0 unspecified atom stereocenters. The molecule has 1 rings (SSSR count). The van der Waals surface area contributed by atoms with Crippen molar-refractivity contribution >= 4 is 46.8 Å². The van der Waals surface area contributed by atoms with Crippen LogP contribution in [0.4, 0.5) is 11.4 Å². The normalized spacial score (nSPS) is 8.67. The van der Waals surface area contributed by atoms with Crippen LogP contribution in [0.3, 0.4) is 0 Å². The average molecular weight is 194 g/mol. The molecule has 0 spiro atoms. The molecular weight excluding hydrogens is 188 g/mol. The molecule has 0 aliphatic carbocycles. The zero-order valence-electron chi connectivity index (χ0n) is 6.13. The predicted octanol–water partition coefficient (Wildman–Crippen LogP) is 2.18. The molecule has 1 aromatic carbocycles. The molecule has 2 N–H and O–H groups in total. The summed E-state index contributed by atoms with van der Waals surface area (Å²) < 4.78 is 0. The van der Waals surface area contributed by atoms with E-state index in [1.54, 1.807) is 0 Å². The lowest BCUT2D eigenvalue weighted by atomic mass is 10.3. The molecule has 0 heterocycles. The zero-order chi connectivity index (χ0) is 8.81. The molecule has 0 amide bonds. The number of anilines is 2. The Bertz CT molecular complexity index is 240. The molecule has 0 aliphatic heterocycles. The van der Waals surface area contributed by atoms with Gasteiger partial charge in [-0.2, -0.15) is 0 Å². The first kappa shape index (κ1) is 9.09. The molecule has 12 heavy (non-hydrogen) atoms. The van der Waals surface area contributed by atoms with Crippen LogP contribution in [0.5, 0.6) is 0 Å². The Hall–Kier alpha value is -1.00. The molecule has 0 atom stereocenters. The number of nitrogens with one attached hydrogen (secondary N) is 2. The highest BCUT2D eigenvalue weighted by Gasteiger charge is 1.89. The maximum absolute atomic E-state index is 4.51. The van der Waals surface area contributed by atoms with E-state index in [-0.39, 0.29) is 0 Å². The summed E-state index contributed by atoms with van der Waals surface area (Å²) in [4.78, 5) is 0. The van der Waals surface area contributed by atoms with E-state index in [1.807, 2.05) is 24.3 Å². The predicted molar refractivity (Wildman–Crippen MR) is 58.9 cm³/mol. The second kappa shape index (κ2) is 4.79. The largest absolute Gasteiger partial charge is 0.344 e. The second-order valence-corrected chi connectivity index (χ2v) is 2.44. The minimum atomic E-state index is 0.903. The van der Waals surface area contributed by atoms with Gasteiger partial charge in [0.05, 0.1) is 0 Å². The first-order chi connectivity index (χ1) is 5.86. The smallest absolute Gasteiger partial charge is 0.138 e. The third-order valence-electron chi connectivity index (χ3n) is 1.28. The lowest BCUT2D eigenvalue weighted by Gasteiger charge is -2.00. The van der Waals surface area contributed by atoms with Gasteiger partial charge in [0.2, 0.25) is 0 Å². The Morgan fingerprint density at radius 1 is 0.833 bits per heavy atom. The quantitative estimate of drug-likeness (QED) is 0.566. The van der Waals surface area contributed by atoms with Crippen LogP contribution in [-0.4, -0.2) is 11.0 Å². The summed E-state index contributed by atoms with van der Waals surface area (Å²) in [5.74, 6) is 0. The van der Waals surface area contributed by atoms with Crippen molar-refractivity contribution in [1.29, 1.82) is 0 Å². The fourth-order valence-electron chi connectivity index (χ4n) is 0.755. The molecule has 2 radical (unpaired) electrons. The van der Waals surface area contributed by atoms with Crippen molar-refractivity contribution in [3.05, 3.63) is 24.3 Å². The third kappa shape index (κ3) is 2.56. The van der Waals surface area contributed by atoms with E-state index < -0.39 is 0 Å². The van der Waals surface area contributed by atoms with E-state index >= 15 is 0 Å². The van der Waals surface area contributed by atoms with Crippen LogP contribution in [0.15, 0.2) is 24.3 Å². The highest BCUT2D eigenvalue weighted by atomic mass is 32.1. The summed E-state index contributed by atoms with van der Waals surface area (Å²) in [5.41, 5.74) is 6.63. The van der Waals surface area contributed by atoms with E-state index in [0.717, 1.165) is 11.4 Å². The van der Waals surface area contributed by atoms with E-state index in [4.69, 9.17) is 0 Å². The van der Waals surface area contributed by atoms with Crippen molar-refractivity contribution < 1.29 is 0 Å². The van der Waals surface area contributed by atoms with Gasteiger partial charge in [0.25, 0.3) is 0 Å². The fraction of sp³-hybridized carbons (Fsp3) is 0. The highest BCUT2D eigenvalue weighted by molar-refractivity contribution is 7.79. The summed E-state index contributed by atoms with van der Waals surface area (Å²) in [6.07, 6.45) is 0. The van der Waals surface area contributed by atoms with Crippen LogP contribution >= 0.6 is 24.4 Å². The fourth-order valence-corrected chi connectivity index (χ4v) is 0.990. The maximum Gasteiger partial charge on any atom is 0.138 e. The molecular formula is C8H6N2S2. The van der Waals surface area contributed by atoms with E-state index in [1.165, 1.54) is 0 Å². The van der Waals surface area contributed by atoms with E-state index in [9.17, 15) is 0 Å². The summed E-state index contributed by atoms with van der Waals surface area (Å²) in [5, 5.41) is 5.53. The van der Waals surface area contributed by atoms with Crippen LogP contribution < -0.4 is 10.6 Å². The van der Waals surface area contributed by atoms with Gasteiger partial charge in [-0.1, -0.05) is 24.4 Å². The molecule has 0 aromatic heterocycles. The van der Waals surface area contributed by atoms with Crippen molar-refractivity contribution in [1.82, 2.24) is 0 Å². The van der Waals surface area contributed by atoms with Gasteiger partial charge in [-0.3, -0.25) is 0 Å². The number of thiocarbonyl (C=S) groups is 2. The monoisotopic (exact) mass is 194 g/mol. The first-order valence-electron chi connectivity index (χ1n) is 3.23. The van der Waals surface area contributed by atoms with Gasteiger partial charge >= 0.3 is 0 Å². The number of benzene rings is 1. The van der Waals surface area contributed by atoms with Gasteiger partial charge in [0.15, 0.2) is 0 Å². The topological polar surface area (TPSA) is 24.1 Å². The Morgan fingerprint density at radius 3 is 1.42 bits per heavy atom. The van der Waals surface area contributed by atoms with Crippen molar-refractivity contribution in [3.8, 4) is 0 Å². The van der Waals surface area contributed by atoms with Crippen LogP contribution in [0.1, 0.15) is 0 Å². The molecule has 60 valence electrons. The number of hydrogen-bond acceptors (Lipinski definition) is 2. The van der Waals surface area contributed by atoms with Crippen molar-refractivity contribution in [3.63, 3.8) is 0 Å².